The molecular weight excluding hydrogens is 897 g/mol. The van der Waals surface area contributed by atoms with Crippen molar-refractivity contribution in [3.05, 3.63) is 11.6 Å². The van der Waals surface area contributed by atoms with E-state index in [0.29, 0.717) is 51.4 Å². The van der Waals surface area contributed by atoms with Crippen molar-refractivity contribution < 1.29 is 98.9 Å². The maximum Gasteiger partial charge on any atom is 0.315 e. The molecule has 0 aromatic carbocycles. The van der Waals surface area contributed by atoms with E-state index in [-0.39, 0.29) is 48.3 Å². The molecule has 24 atom stereocenters. The lowest BCUT2D eigenvalue weighted by atomic mass is 9.33. The summed E-state index contributed by atoms with van der Waals surface area (Å²) in [6.07, 6.45) is -15.1. The number of hydrogen-bond donors (Lipinski definition) is 11. The van der Waals surface area contributed by atoms with E-state index in [2.05, 4.69) is 26.8 Å². The highest BCUT2D eigenvalue weighted by atomic mass is 16.7. The minimum Gasteiger partial charge on any atom is -0.469 e. The number of hydrogen-bond acceptors (Lipinski definition) is 20. The second kappa shape index (κ2) is 18.8. The van der Waals surface area contributed by atoms with Crippen LogP contribution in [0.25, 0.3) is 0 Å². The van der Waals surface area contributed by atoms with Crippen molar-refractivity contribution in [2.24, 2.45) is 50.2 Å². The van der Waals surface area contributed by atoms with Crippen LogP contribution in [-0.4, -0.2) is 194 Å². The van der Waals surface area contributed by atoms with Crippen molar-refractivity contribution in [1.82, 2.24) is 0 Å². The van der Waals surface area contributed by atoms with Gasteiger partial charge < -0.3 is 89.3 Å². The third kappa shape index (κ3) is 7.94. The highest BCUT2D eigenvalue weighted by Crippen LogP contribution is 2.76. The Hall–Kier alpha value is -1.96. The normalized spacial score (nSPS) is 53.7. The molecule has 3 heterocycles. The van der Waals surface area contributed by atoms with Crippen molar-refractivity contribution in [2.75, 3.05) is 33.5 Å². The van der Waals surface area contributed by atoms with Crippen LogP contribution in [0.3, 0.4) is 0 Å². The predicted octanol–water partition coefficient (Wildman–Crippen LogP) is -1.09. The van der Waals surface area contributed by atoms with Crippen LogP contribution in [0, 0.1) is 50.2 Å². The summed E-state index contributed by atoms with van der Waals surface area (Å²) in [7, 11) is 1.35. The molecule has 0 aromatic rings. The van der Waals surface area contributed by atoms with E-state index in [9.17, 15) is 65.8 Å². The quantitative estimate of drug-likeness (QED) is 0.0704. The van der Waals surface area contributed by atoms with Crippen LogP contribution < -0.4 is 0 Å². The topological polar surface area (TPSA) is 321 Å². The number of allylic oxidation sites excluding steroid dienone is 2. The van der Waals surface area contributed by atoms with Crippen LogP contribution in [0.15, 0.2) is 11.6 Å². The Morgan fingerprint density at radius 3 is 1.91 bits per heavy atom. The van der Waals surface area contributed by atoms with E-state index >= 15 is 0 Å². The smallest absolute Gasteiger partial charge is 0.315 e. The standard InChI is InChI=1S/C48H76O20/c1-43(41(60)62-6)13-15-48(42(61)68-40-35(58)33(56)31(54)26(19-50)65-40)16-14-46(4)22(23(48)17-43)7-8-28-44(2)11-10-29(45(3,21-51)27(44)9-12-47(28,46)5)66-38-36(59)37(24(52)20-63-38)67-39-34(57)32(55)30(53)25(18-49)64-39/h7,23-40,49-59H,8-21H2,1-6H3/t23-,24-,25+,26-,27+,28+,29-,30+,31-,32-,33+,34+,35-,36+,37-,38-,39-,40-,43-,44-,45-,46+,47+,48-/m0/s1. The molecule has 20 heteroatoms. The molecule has 388 valence electrons. The van der Waals surface area contributed by atoms with E-state index in [1.165, 1.54) is 7.11 Å². The molecule has 0 amide bonds. The van der Waals surface area contributed by atoms with Crippen molar-refractivity contribution in [3.8, 4) is 0 Å². The lowest BCUT2D eigenvalue weighted by Crippen LogP contribution is -2.67. The number of aliphatic hydroxyl groups is 11. The number of fused-ring (bicyclic) bond motifs is 7. The van der Waals surface area contributed by atoms with Gasteiger partial charge >= 0.3 is 11.9 Å². The predicted molar refractivity (Wildman–Crippen MR) is 232 cm³/mol. The summed E-state index contributed by atoms with van der Waals surface area (Å²) in [5.74, 6) is -1.47. The minimum atomic E-state index is -1.77. The number of aliphatic hydroxyl groups excluding tert-OH is 11. The molecule has 0 unspecified atom stereocenters. The van der Waals surface area contributed by atoms with Gasteiger partial charge in [-0.25, -0.2) is 0 Å². The summed E-state index contributed by atoms with van der Waals surface area (Å²) in [5, 5.41) is 116. The van der Waals surface area contributed by atoms with Gasteiger partial charge in [0.25, 0.3) is 0 Å². The van der Waals surface area contributed by atoms with Gasteiger partial charge in [0.1, 0.15) is 67.1 Å². The van der Waals surface area contributed by atoms with Gasteiger partial charge in [-0.3, -0.25) is 9.59 Å². The third-order valence-corrected chi connectivity index (χ3v) is 19.5. The zero-order valence-corrected chi connectivity index (χ0v) is 40.0. The summed E-state index contributed by atoms with van der Waals surface area (Å²) in [5.41, 5.74) is -2.95. The molecule has 0 radical (unpaired) electrons. The maximum atomic E-state index is 14.8. The van der Waals surface area contributed by atoms with E-state index < -0.39 is 139 Å². The van der Waals surface area contributed by atoms with Crippen LogP contribution in [0.5, 0.6) is 0 Å². The van der Waals surface area contributed by atoms with Gasteiger partial charge in [-0.15, -0.1) is 0 Å². The Labute approximate surface area is 396 Å². The van der Waals surface area contributed by atoms with Gasteiger partial charge in [0.05, 0.1) is 50.5 Å². The summed E-state index contributed by atoms with van der Waals surface area (Å²) in [6, 6.07) is 0. The number of carbonyl (C=O) groups excluding carboxylic acids is 2. The van der Waals surface area contributed by atoms with Crippen molar-refractivity contribution in [2.45, 2.75) is 191 Å². The third-order valence-electron chi connectivity index (χ3n) is 19.5. The van der Waals surface area contributed by atoms with E-state index in [1.807, 2.05) is 13.8 Å². The highest BCUT2D eigenvalue weighted by Gasteiger charge is 2.71. The van der Waals surface area contributed by atoms with Crippen LogP contribution in [0.1, 0.15) is 98.8 Å². The molecule has 11 N–H and O–H groups in total. The molecule has 7 fully saturated rings. The molecule has 0 spiro atoms. The first-order chi connectivity index (χ1) is 31.9. The zero-order valence-electron chi connectivity index (χ0n) is 40.0. The number of methoxy groups -OCH3 is 1. The zero-order chi connectivity index (χ0) is 49.7. The highest BCUT2D eigenvalue weighted by molar-refractivity contribution is 5.81. The lowest BCUT2D eigenvalue weighted by molar-refractivity contribution is -0.358. The first-order valence-electron chi connectivity index (χ1n) is 24.5. The minimum absolute atomic E-state index is 0.0728. The Morgan fingerprint density at radius 1 is 0.676 bits per heavy atom. The molecule has 68 heavy (non-hydrogen) atoms. The fourth-order valence-corrected chi connectivity index (χ4v) is 15.1. The largest absolute Gasteiger partial charge is 0.469 e. The van der Waals surface area contributed by atoms with Crippen LogP contribution in [-0.2, 0) is 42.7 Å². The Balaban J connectivity index is 1.04. The molecule has 8 aliphatic rings. The van der Waals surface area contributed by atoms with Gasteiger partial charge in [0.2, 0.25) is 6.29 Å². The Kier molecular flexibility index (Phi) is 14.5. The molecule has 3 saturated heterocycles. The van der Waals surface area contributed by atoms with Crippen molar-refractivity contribution in [1.29, 1.82) is 0 Å². The average Bonchev–Trinajstić information content (AvgIpc) is 3.31. The Bertz CT molecular complexity index is 1880. The average molecular weight is 973 g/mol. The number of esters is 2. The lowest BCUT2D eigenvalue weighted by Gasteiger charge is -2.71. The fourth-order valence-electron chi connectivity index (χ4n) is 15.1. The molecule has 8 rings (SSSR count). The van der Waals surface area contributed by atoms with Crippen molar-refractivity contribution in [3.63, 3.8) is 0 Å². The van der Waals surface area contributed by atoms with Crippen LogP contribution >= 0.6 is 0 Å². The molecule has 5 aliphatic carbocycles. The number of carbonyl (C=O) groups is 2. The Morgan fingerprint density at radius 2 is 1.29 bits per heavy atom. The molecular formula is C48H76O20. The molecule has 20 nitrogen and oxygen atoms in total. The van der Waals surface area contributed by atoms with Gasteiger partial charge in [0.15, 0.2) is 12.6 Å². The van der Waals surface area contributed by atoms with Gasteiger partial charge in [-0.2, -0.15) is 0 Å². The SMILES string of the molecule is COC(=O)[C@@]1(C)CC[C@]2(C(=O)O[C@@H]3O[C@@H](CO)[C@H](O)[C@@H](O)[C@@H]3O)CC[C@]3(C)C(=CC[C@@H]4[C@@]5(C)CC[C@H](O[C@@H]6OC[C@H](O)[C@H](O[C@@H]7O[C@H](CO)[C@@H](O)[C@H](O)[C@H]7O)[C@H]6O)[C@@](C)(CO)[C@@H]5CC[C@]43C)[C@@H]2C1. The van der Waals surface area contributed by atoms with Gasteiger partial charge in [-0.05, 0) is 105 Å². The van der Waals surface area contributed by atoms with E-state index in [0.717, 1.165) is 12.0 Å². The van der Waals surface area contributed by atoms with Crippen LogP contribution in [0.2, 0.25) is 0 Å². The molecule has 3 aliphatic heterocycles. The molecule has 0 bridgehead atoms. The first kappa shape index (κ1) is 52.4. The summed E-state index contributed by atoms with van der Waals surface area (Å²) < 4.78 is 40.7. The summed E-state index contributed by atoms with van der Waals surface area (Å²) >= 11 is 0. The second-order valence-electron chi connectivity index (χ2n) is 22.7. The molecule has 4 saturated carbocycles. The number of ether oxygens (including phenoxy) is 7. The first-order valence-corrected chi connectivity index (χ1v) is 24.5. The van der Waals surface area contributed by atoms with Gasteiger partial charge in [0, 0.05) is 5.41 Å². The van der Waals surface area contributed by atoms with Crippen molar-refractivity contribution >= 4 is 11.9 Å². The number of rotatable bonds is 10. The maximum absolute atomic E-state index is 14.8. The fraction of sp³-hybridized carbons (Fsp3) is 0.917. The van der Waals surface area contributed by atoms with Crippen LogP contribution in [0.4, 0.5) is 0 Å². The summed E-state index contributed by atoms with van der Waals surface area (Å²) in [6.45, 7) is 8.79. The van der Waals surface area contributed by atoms with E-state index in [1.54, 1.807) is 0 Å². The summed E-state index contributed by atoms with van der Waals surface area (Å²) in [4.78, 5) is 28.3. The van der Waals surface area contributed by atoms with E-state index in [4.69, 9.17) is 33.2 Å². The van der Waals surface area contributed by atoms with Gasteiger partial charge in [-0.1, -0.05) is 39.3 Å². The molecule has 0 aromatic heterocycles. The monoisotopic (exact) mass is 972 g/mol. The second-order valence-corrected chi connectivity index (χ2v) is 22.7.